The van der Waals surface area contributed by atoms with Gasteiger partial charge in [-0.3, -0.25) is 0 Å². The lowest BCUT2D eigenvalue weighted by Crippen LogP contribution is -2.33. The molecule has 0 amide bonds. The van der Waals surface area contributed by atoms with Crippen molar-refractivity contribution in [3.8, 4) is 0 Å². The van der Waals surface area contributed by atoms with E-state index in [0.29, 0.717) is 5.92 Å². The number of aryl methyl sites for hydroxylation is 2. The summed E-state index contributed by atoms with van der Waals surface area (Å²) in [7, 11) is 0. The molecule has 0 saturated heterocycles. The number of furan rings is 1. The summed E-state index contributed by atoms with van der Waals surface area (Å²) in [4.78, 5) is 0. The highest BCUT2D eigenvalue weighted by Crippen LogP contribution is 2.55. The number of nitrogens with zero attached hydrogens (tertiary/aromatic N) is 1. The lowest BCUT2D eigenvalue weighted by atomic mass is 9.69. The van der Waals surface area contributed by atoms with Gasteiger partial charge in [-0.25, -0.2) is 0 Å². The minimum absolute atomic E-state index is 0.165. The molecule has 3 atom stereocenters. The summed E-state index contributed by atoms with van der Waals surface area (Å²) < 4.78 is 16.2. The van der Waals surface area contributed by atoms with E-state index in [1.54, 1.807) is 5.57 Å². The Morgan fingerprint density at radius 2 is 1.47 bits per heavy atom. The number of aromatic nitrogens is 1. The van der Waals surface area contributed by atoms with Gasteiger partial charge in [0.05, 0.1) is 0 Å². The van der Waals surface area contributed by atoms with E-state index in [4.69, 9.17) is 9.15 Å². The van der Waals surface area contributed by atoms with Gasteiger partial charge in [-0.15, -0.1) is 0 Å². The van der Waals surface area contributed by atoms with Gasteiger partial charge in [-0.1, -0.05) is 60.8 Å². The van der Waals surface area contributed by atoms with E-state index < -0.39 is 0 Å². The van der Waals surface area contributed by atoms with Crippen molar-refractivity contribution in [3.05, 3.63) is 122 Å². The second-order valence-electron chi connectivity index (χ2n) is 14.1. The molecule has 2 aromatic heterocycles. The molecule has 0 radical (unpaired) electrons. The fourth-order valence-corrected chi connectivity index (χ4v) is 9.58. The highest BCUT2D eigenvalue weighted by molar-refractivity contribution is 5.84. The number of hydrogen-bond acceptors (Lipinski definition) is 2. The Bertz CT molecular complexity index is 1920. The Balaban J connectivity index is 1.11. The first-order chi connectivity index (χ1) is 22.3. The molecule has 10 rings (SSSR count). The summed E-state index contributed by atoms with van der Waals surface area (Å²) >= 11 is 0. The topological polar surface area (TPSA) is 27.3 Å². The molecule has 0 bridgehead atoms. The minimum atomic E-state index is 0.165. The largest absolute Gasteiger partial charge is 0.493 e. The van der Waals surface area contributed by atoms with Crippen molar-refractivity contribution in [3.63, 3.8) is 0 Å². The van der Waals surface area contributed by atoms with E-state index in [1.807, 2.05) is 0 Å². The zero-order valence-corrected chi connectivity index (χ0v) is 26.1. The van der Waals surface area contributed by atoms with Crippen molar-refractivity contribution in [1.82, 2.24) is 4.57 Å². The molecule has 8 aliphatic rings. The molecule has 3 unspecified atom stereocenters. The van der Waals surface area contributed by atoms with Crippen molar-refractivity contribution in [2.75, 3.05) is 0 Å². The molecule has 3 heterocycles. The summed E-state index contributed by atoms with van der Waals surface area (Å²) in [6.07, 6.45) is 43.4. The lowest BCUT2D eigenvalue weighted by molar-refractivity contribution is 0.0747. The zero-order valence-electron chi connectivity index (χ0n) is 26.1. The molecule has 7 aliphatic carbocycles. The van der Waals surface area contributed by atoms with Crippen LogP contribution in [-0.4, -0.2) is 10.7 Å². The fourth-order valence-electron chi connectivity index (χ4n) is 9.58. The summed E-state index contributed by atoms with van der Waals surface area (Å²) in [5.41, 5.74) is 16.0. The average Bonchev–Trinajstić information content (AvgIpc) is 3.77. The van der Waals surface area contributed by atoms with Gasteiger partial charge in [0, 0.05) is 76.0 Å². The van der Waals surface area contributed by atoms with Gasteiger partial charge in [0.15, 0.2) is 0 Å². The SMILES string of the molecule is C1=CC(C2CC(C3=Cc4c5c(n(C6=CCCC=C6)c4CC3)CCC=C5)=CC3C4=C(CCc5oc6c(c54)C=CCC6)OC32)=CCC1. The smallest absolute Gasteiger partial charge is 0.116 e. The van der Waals surface area contributed by atoms with Gasteiger partial charge in [0.25, 0.3) is 0 Å². The Hall–Kier alpha value is -3.98. The van der Waals surface area contributed by atoms with Gasteiger partial charge >= 0.3 is 0 Å². The molecule has 2 aromatic rings. The zero-order chi connectivity index (χ0) is 29.5. The second-order valence-corrected chi connectivity index (χ2v) is 14.1. The summed E-state index contributed by atoms with van der Waals surface area (Å²) in [5, 5.41) is 0. The van der Waals surface area contributed by atoms with Gasteiger partial charge in [-0.2, -0.15) is 0 Å². The van der Waals surface area contributed by atoms with E-state index in [9.17, 15) is 0 Å². The molecular formula is C42H41NO2. The Morgan fingerprint density at radius 3 is 2.33 bits per heavy atom. The van der Waals surface area contributed by atoms with Crippen LogP contribution in [0.1, 0.15) is 103 Å². The Morgan fingerprint density at radius 1 is 0.644 bits per heavy atom. The van der Waals surface area contributed by atoms with Crippen LogP contribution in [0.4, 0.5) is 0 Å². The number of rotatable bonds is 3. The van der Waals surface area contributed by atoms with Crippen molar-refractivity contribution in [1.29, 1.82) is 0 Å². The van der Waals surface area contributed by atoms with Crippen molar-refractivity contribution in [2.24, 2.45) is 11.8 Å². The fraction of sp³-hybridized carbons (Fsp3) is 0.381. The quantitative estimate of drug-likeness (QED) is 0.355. The number of ether oxygens (including phenoxy) is 1. The monoisotopic (exact) mass is 591 g/mol. The molecule has 0 spiro atoms. The molecule has 0 saturated carbocycles. The number of fused-ring (bicyclic) bond motifs is 9. The normalized spacial score (nSPS) is 27.3. The maximum absolute atomic E-state index is 7.04. The third-order valence-electron chi connectivity index (χ3n) is 11.6. The van der Waals surface area contributed by atoms with Crippen LogP contribution in [0.5, 0.6) is 0 Å². The Kier molecular flexibility index (Phi) is 5.99. The predicted molar refractivity (Wildman–Crippen MR) is 183 cm³/mol. The summed E-state index contributed by atoms with van der Waals surface area (Å²) in [6, 6.07) is 0. The van der Waals surface area contributed by atoms with Crippen LogP contribution in [-0.2, 0) is 30.4 Å². The van der Waals surface area contributed by atoms with E-state index in [2.05, 4.69) is 77.5 Å². The predicted octanol–water partition coefficient (Wildman–Crippen LogP) is 10.1. The highest BCUT2D eigenvalue weighted by atomic mass is 16.5. The van der Waals surface area contributed by atoms with Crippen LogP contribution in [0.25, 0.3) is 29.5 Å². The molecule has 0 fully saturated rings. The van der Waals surface area contributed by atoms with E-state index in [-0.39, 0.29) is 12.0 Å². The van der Waals surface area contributed by atoms with E-state index in [1.165, 1.54) is 73.3 Å². The van der Waals surface area contributed by atoms with Crippen LogP contribution in [0.2, 0.25) is 0 Å². The van der Waals surface area contributed by atoms with Crippen molar-refractivity contribution in [2.45, 2.75) is 89.6 Å². The standard InChI is InChI=1S/C42H41NO2/c1-3-11-26(12-4-1)32-24-28(25-34-41-39(45-42(32)34)22-21-38-40(41)31-16-8-10-18-37(31)44-38)27-19-20-36-33(23-27)30-15-7-9-17-35(30)43(36)29-13-5-2-6-14-29/h3,5,7-8,11-16,23,25,32,34,42H,1-2,4,6,9-10,17-22,24H2. The Labute approximate surface area is 266 Å². The van der Waals surface area contributed by atoms with Crippen LogP contribution >= 0.6 is 0 Å². The van der Waals surface area contributed by atoms with Crippen molar-refractivity contribution < 1.29 is 9.15 Å². The van der Waals surface area contributed by atoms with Gasteiger partial charge in [-0.05, 0) is 93.1 Å². The summed E-state index contributed by atoms with van der Waals surface area (Å²) in [5.74, 6) is 4.24. The minimum Gasteiger partial charge on any atom is -0.493 e. The molecule has 1 aliphatic heterocycles. The third kappa shape index (κ3) is 4.02. The van der Waals surface area contributed by atoms with Crippen LogP contribution in [0, 0.1) is 11.8 Å². The number of hydrogen-bond donors (Lipinski definition) is 0. The first-order valence-electron chi connectivity index (χ1n) is 17.6. The average molecular weight is 592 g/mol. The van der Waals surface area contributed by atoms with Gasteiger partial charge in [0.2, 0.25) is 0 Å². The van der Waals surface area contributed by atoms with E-state index >= 15 is 0 Å². The van der Waals surface area contributed by atoms with Crippen LogP contribution < -0.4 is 0 Å². The van der Waals surface area contributed by atoms with Crippen LogP contribution in [0.3, 0.4) is 0 Å². The molecule has 3 heteroatoms. The van der Waals surface area contributed by atoms with Crippen molar-refractivity contribution >= 4 is 29.5 Å². The number of allylic oxidation sites excluding steroid dienone is 12. The molecule has 226 valence electrons. The molecule has 3 nitrogen and oxygen atoms in total. The third-order valence-corrected chi connectivity index (χ3v) is 11.6. The van der Waals surface area contributed by atoms with Crippen LogP contribution in [0.15, 0.2) is 81.6 Å². The second kappa shape index (κ2) is 10.3. The molecule has 45 heavy (non-hydrogen) atoms. The first-order valence-corrected chi connectivity index (χ1v) is 17.6. The lowest BCUT2D eigenvalue weighted by Gasteiger charge is -2.36. The van der Waals surface area contributed by atoms with Gasteiger partial charge in [0.1, 0.15) is 23.4 Å². The highest BCUT2D eigenvalue weighted by Gasteiger charge is 2.48. The maximum atomic E-state index is 7.04. The molecule has 0 aromatic carbocycles. The first kappa shape index (κ1) is 26.3. The maximum Gasteiger partial charge on any atom is 0.116 e. The van der Waals surface area contributed by atoms with Gasteiger partial charge < -0.3 is 13.7 Å². The summed E-state index contributed by atoms with van der Waals surface area (Å²) in [6.45, 7) is 0. The molecule has 0 N–H and O–H groups in total. The molecular weight excluding hydrogens is 550 g/mol. The van der Waals surface area contributed by atoms with E-state index in [0.717, 1.165) is 83.5 Å².